The van der Waals surface area contributed by atoms with E-state index in [0.29, 0.717) is 30.5 Å². The second kappa shape index (κ2) is 6.02. The van der Waals surface area contributed by atoms with Gasteiger partial charge in [0.05, 0.1) is 7.11 Å². The smallest absolute Gasteiger partial charge is 0.251 e. The Bertz CT molecular complexity index is 890. The van der Waals surface area contributed by atoms with Crippen LogP contribution in [-0.4, -0.2) is 40.6 Å². The molecule has 0 radical (unpaired) electrons. The molecule has 1 saturated heterocycles. The Balaban J connectivity index is 1.81. The Hall–Kier alpha value is -2.63. The van der Waals surface area contributed by atoms with Gasteiger partial charge >= 0.3 is 0 Å². The number of hydrogen-bond donors (Lipinski definition) is 0. The molecule has 0 spiro atoms. The van der Waals surface area contributed by atoms with E-state index in [1.165, 1.54) is 0 Å². The number of carbonyl (C=O) groups excluding carboxylic acids is 1. The second-order valence-electron chi connectivity index (χ2n) is 6.89. The van der Waals surface area contributed by atoms with Crippen molar-refractivity contribution in [2.75, 3.05) is 20.2 Å². The average Bonchev–Trinajstić information content (AvgIpc) is 2.62. The molecular formula is C19H21N3O3. The molecule has 0 aliphatic carbocycles. The molecule has 4 heterocycles. The molecular weight excluding hydrogens is 318 g/mol. The highest BCUT2D eigenvalue weighted by Crippen LogP contribution is 2.37. The molecule has 2 aromatic rings. The number of fused-ring (bicyclic) bond motifs is 4. The van der Waals surface area contributed by atoms with Gasteiger partial charge in [-0.3, -0.25) is 14.6 Å². The number of likely N-dealkylation sites (tertiary alicyclic amines) is 1. The standard InChI is InChI=1S/C19H21N3O3/c1-12(23)21-9-13-6-15(11-21)16-7-14(8-18(24)22(16)10-13)19-17(25-2)4-3-5-20-19/h3-5,7-8,13,15H,6,9-11H2,1-2H3/t13-,15+/m0/s1. The van der Waals surface area contributed by atoms with E-state index in [2.05, 4.69) is 4.98 Å². The van der Waals surface area contributed by atoms with E-state index < -0.39 is 0 Å². The first-order chi connectivity index (χ1) is 12.1. The summed E-state index contributed by atoms with van der Waals surface area (Å²) < 4.78 is 7.26. The van der Waals surface area contributed by atoms with E-state index in [9.17, 15) is 9.59 Å². The van der Waals surface area contributed by atoms with Gasteiger partial charge in [-0.2, -0.15) is 0 Å². The number of nitrogens with zero attached hydrogens (tertiary/aromatic N) is 3. The van der Waals surface area contributed by atoms with Crippen molar-refractivity contribution in [3.8, 4) is 17.0 Å². The highest BCUT2D eigenvalue weighted by molar-refractivity contribution is 5.73. The highest BCUT2D eigenvalue weighted by atomic mass is 16.5. The summed E-state index contributed by atoms with van der Waals surface area (Å²) in [5, 5.41) is 0. The van der Waals surface area contributed by atoms with Crippen LogP contribution in [0.3, 0.4) is 0 Å². The van der Waals surface area contributed by atoms with E-state index in [1.54, 1.807) is 26.3 Å². The zero-order chi connectivity index (χ0) is 17.6. The topological polar surface area (TPSA) is 64.4 Å². The molecule has 130 valence electrons. The van der Waals surface area contributed by atoms with E-state index in [4.69, 9.17) is 4.74 Å². The summed E-state index contributed by atoms with van der Waals surface area (Å²) in [6, 6.07) is 7.33. The molecule has 0 N–H and O–H groups in total. The molecule has 2 aliphatic rings. The molecule has 6 heteroatoms. The Morgan fingerprint density at radius 3 is 2.88 bits per heavy atom. The third-order valence-electron chi connectivity index (χ3n) is 5.27. The molecule has 6 nitrogen and oxygen atoms in total. The van der Waals surface area contributed by atoms with Gasteiger partial charge in [-0.25, -0.2) is 0 Å². The van der Waals surface area contributed by atoms with Crippen molar-refractivity contribution in [1.29, 1.82) is 0 Å². The Morgan fingerprint density at radius 1 is 1.28 bits per heavy atom. The first kappa shape index (κ1) is 15.9. The first-order valence-electron chi connectivity index (χ1n) is 8.56. The maximum atomic E-state index is 12.7. The van der Waals surface area contributed by atoms with Crippen LogP contribution in [0.1, 0.15) is 25.0 Å². The number of methoxy groups -OCH3 is 1. The minimum absolute atomic E-state index is 0.00817. The second-order valence-corrected chi connectivity index (χ2v) is 6.89. The van der Waals surface area contributed by atoms with Gasteiger partial charge in [0, 0.05) is 56.0 Å². The number of piperidine rings is 1. The van der Waals surface area contributed by atoms with Gasteiger partial charge in [-0.05, 0) is 30.5 Å². The molecule has 4 rings (SSSR count). The van der Waals surface area contributed by atoms with Gasteiger partial charge in [0.25, 0.3) is 5.56 Å². The third-order valence-corrected chi connectivity index (χ3v) is 5.27. The van der Waals surface area contributed by atoms with Gasteiger partial charge in [0.15, 0.2) is 0 Å². The van der Waals surface area contributed by atoms with Gasteiger partial charge < -0.3 is 14.2 Å². The summed E-state index contributed by atoms with van der Waals surface area (Å²) in [6.07, 6.45) is 2.72. The minimum atomic E-state index is -0.00817. The fourth-order valence-corrected chi connectivity index (χ4v) is 4.13. The number of amides is 1. The van der Waals surface area contributed by atoms with Crippen LogP contribution in [0.4, 0.5) is 0 Å². The van der Waals surface area contributed by atoms with Crippen LogP contribution in [0.25, 0.3) is 11.3 Å². The van der Waals surface area contributed by atoms with E-state index in [0.717, 1.165) is 24.2 Å². The van der Waals surface area contributed by atoms with Gasteiger partial charge in [0.2, 0.25) is 5.91 Å². The summed E-state index contributed by atoms with van der Waals surface area (Å²) in [5.74, 6) is 1.30. The molecule has 0 saturated carbocycles. The molecule has 25 heavy (non-hydrogen) atoms. The summed E-state index contributed by atoms with van der Waals surface area (Å²) >= 11 is 0. The molecule has 1 amide bonds. The zero-order valence-corrected chi connectivity index (χ0v) is 14.4. The molecule has 2 aromatic heterocycles. The average molecular weight is 339 g/mol. The summed E-state index contributed by atoms with van der Waals surface area (Å²) in [5.41, 5.74) is 2.43. The predicted octanol–water partition coefficient (Wildman–Crippen LogP) is 1.88. The maximum Gasteiger partial charge on any atom is 0.251 e. The fraction of sp³-hybridized carbons (Fsp3) is 0.421. The molecule has 2 bridgehead atoms. The third kappa shape index (κ3) is 2.71. The molecule has 1 fully saturated rings. The van der Waals surface area contributed by atoms with Crippen LogP contribution >= 0.6 is 0 Å². The number of pyridine rings is 2. The highest BCUT2D eigenvalue weighted by Gasteiger charge is 2.35. The van der Waals surface area contributed by atoms with Crippen molar-refractivity contribution >= 4 is 5.91 Å². The van der Waals surface area contributed by atoms with Crippen LogP contribution in [-0.2, 0) is 11.3 Å². The summed E-state index contributed by atoms with van der Waals surface area (Å²) in [7, 11) is 1.60. The van der Waals surface area contributed by atoms with Crippen LogP contribution in [0.5, 0.6) is 5.75 Å². The normalized spacial score (nSPS) is 21.6. The van der Waals surface area contributed by atoms with Gasteiger partial charge in [-0.15, -0.1) is 0 Å². The summed E-state index contributed by atoms with van der Waals surface area (Å²) in [4.78, 5) is 30.8. The molecule has 2 atom stereocenters. The van der Waals surface area contributed by atoms with E-state index in [-0.39, 0.29) is 17.4 Å². The van der Waals surface area contributed by atoms with Gasteiger partial charge in [-0.1, -0.05) is 0 Å². The number of ether oxygens (including phenoxy) is 1. The number of rotatable bonds is 2. The van der Waals surface area contributed by atoms with Crippen LogP contribution in [0.2, 0.25) is 0 Å². The lowest BCUT2D eigenvalue weighted by atomic mass is 9.82. The molecule has 0 unspecified atom stereocenters. The lowest BCUT2D eigenvalue weighted by Crippen LogP contribution is -2.48. The van der Waals surface area contributed by atoms with Crippen molar-refractivity contribution < 1.29 is 9.53 Å². The van der Waals surface area contributed by atoms with E-state index in [1.807, 2.05) is 27.7 Å². The lowest BCUT2D eigenvalue weighted by Gasteiger charge is -2.42. The monoisotopic (exact) mass is 339 g/mol. The Kier molecular flexibility index (Phi) is 3.82. The lowest BCUT2D eigenvalue weighted by molar-refractivity contribution is -0.131. The van der Waals surface area contributed by atoms with Crippen molar-refractivity contribution in [2.45, 2.75) is 25.8 Å². The van der Waals surface area contributed by atoms with E-state index >= 15 is 0 Å². The summed E-state index contributed by atoms with van der Waals surface area (Å²) in [6.45, 7) is 3.71. The van der Waals surface area contributed by atoms with Crippen LogP contribution in [0, 0.1) is 5.92 Å². The quantitative estimate of drug-likeness (QED) is 0.838. The molecule has 2 aliphatic heterocycles. The largest absolute Gasteiger partial charge is 0.494 e. The Labute approximate surface area is 146 Å². The number of carbonyl (C=O) groups is 1. The molecule has 0 aromatic carbocycles. The minimum Gasteiger partial charge on any atom is -0.494 e. The van der Waals surface area contributed by atoms with Gasteiger partial charge in [0.1, 0.15) is 11.4 Å². The van der Waals surface area contributed by atoms with Crippen molar-refractivity contribution in [3.63, 3.8) is 0 Å². The SMILES string of the molecule is COc1cccnc1-c1cc2n(c(=O)c1)C[C@H]1C[C@@H]2CN(C(C)=O)C1. The zero-order valence-electron chi connectivity index (χ0n) is 14.4. The van der Waals surface area contributed by atoms with Crippen molar-refractivity contribution in [3.05, 3.63) is 46.5 Å². The van der Waals surface area contributed by atoms with Crippen LogP contribution in [0.15, 0.2) is 35.3 Å². The fourth-order valence-electron chi connectivity index (χ4n) is 4.13. The van der Waals surface area contributed by atoms with Crippen molar-refractivity contribution in [2.24, 2.45) is 5.92 Å². The first-order valence-corrected chi connectivity index (χ1v) is 8.56. The Morgan fingerprint density at radius 2 is 2.12 bits per heavy atom. The predicted molar refractivity (Wildman–Crippen MR) is 93.6 cm³/mol. The number of aromatic nitrogens is 2. The van der Waals surface area contributed by atoms with Crippen molar-refractivity contribution in [1.82, 2.24) is 14.5 Å². The maximum absolute atomic E-state index is 12.7. The number of hydrogen-bond acceptors (Lipinski definition) is 4. The van der Waals surface area contributed by atoms with Crippen LogP contribution < -0.4 is 10.3 Å².